The molecule has 4 aromatic carbocycles. The predicted molar refractivity (Wildman–Crippen MR) is 146 cm³/mol. The maximum atomic E-state index is 6.65. The molecule has 0 atom stereocenters. The number of aryl methyl sites for hydroxylation is 1. The molecule has 8 rings (SSSR count). The van der Waals surface area contributed by atoms with Crippen LogP contribution in [0.4, 0.5) is 0 Å². The van der Waals surface area contributed by atoms with Crippen LogP contribution >= 0.6 is 31.9 Å². The quantitative estimate of drug-likeness (QED) is 0.178. The second kappa shape index (κ2) is 6.99. The molecule has 4 heteroatoms. The lowest BCUT2D eigenvalue weighted by atomic mass is 9.66. The molecule has 1 spiro atoms. The van der Waals surface area contributed by atoms with Crippen LogP contribution in [0.5, 0.6) is 11.5 Å². The summed E-state index contributed by atoms with van der Waals surface area (Å²) in [4.78, 5) is 0. The minimum atomic E-state index is -0.514. The van der Waals surface area contributed by atoms with Gasteiger partial charge in [0.05, 0.1) is 5.41 Å². The van der Waals surface area contributed by atoms with Gasteiger partial charge in [-0.3, -0.25) is 0 Å². The zero-order valence-electron chi connectivity index (χ0n) is 18.6. The van der Waals surface area contributed by atoms with Gasteiger partial charge in [0.25, 0.3) is 0 Å². The average molecular weight is 582 g/mol. The highest BCUT2D eigenvalue weighted by molar-refractivity contribution is 9.11. The van der Waals surface area contributed by atoms with Gasteiger partial charge in [0, 0.05) is 36.6 Å². The third kappa shape index (κ3) is 2.44. The number of rotatable bonds is 0. The van der Waals surface area contributed by atoms with Crippen LogP contribution in [0.15, 0.2) is 92.2 Å². The lowest BCUT2D eigenvalue weighted by Gasteiger charge is -2.39. The van der Waals surface area contributed by atoms with Crippen molar-refractivity contribution >= 4 is 48.9 Å². The lowest BCUT2D eigenvalue weighted by Crippen LogP contribution is -2.32. The number of hydrogen-bond acceptors (Lipinski definition) is 2. The van der Waals surface area contributed by atoms with E-state index in [1.165, 1.54) is 33.2 Å². The van der Waals surface area contributed by atoms with Crippen LogP contribution in [0.2, 0.25) is 0 Å². The molecule has 2 heterocycles. The molecule has 2 nitrogen and oxygen atoms in total. The van der Waals surface area contributed by atoms with Crippen LogP contribution < -0.4 is 4.74 Å². The summed E-state index contributed by atoms with van der Waals surface area (Å²) in [6.45, 7) is 0. The minimum absolute atomic E-state index is 0.514. The van der Waals surface area contributed by atoms with Gasteiger partial charge in [-0.15, -0.1) is 0 Å². The lowest BCUT2D eigenvalue weighted by molar-refractivity contribution is 0.436. The Morgan fingerprint density at radius 2 is 1.51 bits per heavy atom. The van der Waals surface area contributed by atoms with Crippen molar-refractivity contribution in [3.63, 3.8) is 0 Å². The van der Waals surface area contributed by atoms with E-state index in [-0.39, 0.29) is 0 Å². The molecule has 35 heavy (non-hydrogen) atoms. The van der Waals surface area contributed by atoms with Crippen molar-refractivity contribution in [2.75, 3.05) is 0 Å². The van der Waals surface area contributed by atoms with Crippen LogP contribution in [-0.2, 0) is 11.8 Å². The molecule has 1 aliphatic heterocycles. The van der Waals surface area contributed by atoms with Crippen molar-refractivity contribution in [3.8, 4) is 22.6 Å². The summed E-state index contributed by atoms with van der Waals surface area (Å²) in [6.07, 6.45) is 6.37. The van der Waals surface area contributed by atoms with Crippen molar-refractivity contribution in [2.24, 2.45) is 0 Å². The molecule has 0 unspecified atom stereocenters. The Balaban J connectivity index is 1.62. The first-order chi connectivity index (χ1) is 17.2. The molecule has 168 valence electrons. The molecule has 0 N–H and O–H groups in total. The molecule has 0 saturated carbocycles. The fourth-order valence-corrected chi connectivity index (χ4v) is 7.44. The summed E-state index contributed by atoms with van der Waals surface area (Å²) in [6, 6.07) is 25.9. The summed E-state index contributed by atoms with van der Waals surface area (Å²) in [7, 11) is 0. The largest absolute Gasteiger partial charge is 0.457 e. The van der Waals surface area contributed by atoms with Crippen molar-refractivity contribution in [1.82, 2.24) is 0 Å². The summed E-state index contributed by atoms with van der Waals surface area (Å²) >= 11 is 7.75. The molecular formula is C31H18Br2O2. The van der Waals surface area contributed by atoms with Gasteiger partial charge in [-0.1, -0.05) is 80.4 Å². The molecule has 0 saturated heterocycles. The van der Waals surface area contributed by atoms with E-state index in [4.69, 9.17) is 9.15 Å². The Morgan fingerprint density at radius 1 is 0.771 bits per heavy atom. The first kappa shape index (κ1) is 20.1. The van der Waals surface area contributed by atoms with E-state index in [0.717, 1.165) is 55.8 Å². The van der Waals surface area contributed by atoms with Gasteiger partial charge in [-0.05, 0) is 65.9 Å². The Bertz CT molecular complexity index is 1710. The summed E-state index contributed by atoms with van der Waals surface area (Å²) in [5.41, 5.74) is 8.91. The van der Waals surface area contributed by atoms with Gasteiger partial charge in [0.15, 0.2) is 0 Å². The maximum Gasteiger partial charge on any atom is 0.144 e. The third-order valence-electron chi connectivity index (χ3n) is 7.74. The molecule has 0 bridgehead atoms. The van der Waals surface area contributed by atoms with Gasteiger partial charge in [0.2, 0.25) is 0 Å². The number of fused-ring (bicyclic) bond motifs is 13. The van der Waals surface area contributed by atoms with Crippen LogP contribution in [0.25, 0.3) is 28.2 Å². The second-order valence-electron chi connectivity index (χ2n) is 9.41. The van der Waals surface area contributed by atoms with E-state index < -0.39 is 5.41 Å². The van der Waals surface area contributed by atoms with Gasteiger partial charge < -0.3 is 9.15 Å². The number of allylic oxidation sites excluding steroid dienone is 1. The Hall–Kier alpha value is -3.08. The molecule has 1 aromatic heterocycles. The molecule has 0 radical (unpaired) electrons. The summed E-state index contributed by atoms with van der Waals surface area (Å²) in [5.74, 6) is 2.76. The van der Waals surface area contributed by atoms with Crippen LogP contribution in [-0.4, -0.2) is 0 Å². The highest BCUT2D eigenvalue weighted by Crippen LogP contribution is 2.64. The van der Waals surface area contributed by atoms with Gasteiger partial charge in [0.1, 0.15) is 22.8 Å². The van der Waals surface area contributed by atoms with E-state index in [1.807, 2.05) is 12.1 Å². The zero-order valence-corrected chi connectivity index (χ0v) is 21.7. The third-order valence-corrected chi connectivity index (χ3v) is 8.85. The normalized spacial score (nSPS) is 15.8. The minimum Gasteiger partial charge on any atom is -0.457 e. The topological polar surface area (TPSA) is 22.4 Å². The molecular weight excluding hydrogens is 564 g/mol. The number of halogens is 2. The molecule has 0 amide bonds. The van der Waals surface area contributed by atoms with Crippen molar-refractivity contribution in [3.05, 3.63) is 121 Å². The monoisotopic (exact) mass is 580 g/mol. The van der Waals surface area contributed by atoms with Crippen molar-refractivity contribution < 1.29 is 9.15 Å². The number of furan rings is 1. The van der Waals surface area contributed by atoms with Crippen molar-refractivity contribution in [2.45, 2.75) is 18.3 Å². The van der Waals surface area contributed by atoms with Crippen molar-refractivity contribution in [1.29, 1.82) is 0 Å². The Labute approximate surface area is 219 Å². The standard InChI is InChI=1S/C31H18Br2O2/c32-17-13-14-18-22(15-17)31(20-8-2-5-11-26(20)34-27-12-6-3-9-21(27)31)23-16-24(33)29-19-7-1-4-10-25(19)35-30(29)28(18)23/h2-6,8-16H,1,7H2. The maximum absolute atomic E-state index is 6.65. The Kier molecular flexibility index (Phi) is 4.02. The fourth-order valence-electron chi connectivity index (χ4n) is 6.43. The Morgan fingerprint density at radius 3 is 2.29 bits per heavy atom. The molecule has 0 fully saturated rings. The first-order valence-corrected chi connectivity index (χ1v) is 13.4. The highest BCUT2D eigenvalue weighted by atomic mass is 79.9. The number of benzene rings is 4. The fraction of sp³-hybridized carbons (Fsp3) is 0.0968. The zero-order chi connectivity index (χ0) is 23.3. The van der Waals surface area contributed by atoms with E-state index in [1.54, 1.807) is 0 Å². The average Bonchev–Trinajstić information content (AvgIpc) is 3.39. The van der Waals surface area contributed by atoms with Crippen LogP contribution in [0, 0.1) is 0 Å². The molecule has 2 aliphatic carbocycles. The van der Waals surface area contributed by atoms with Crippen LogP contribution in [0.1, 0.15) is 40.0 Å². The van der Waals surface area contributed by atoms with E-state index in [9.17, 15) is 0 Å². The van der Waals surface area contributed by atoms with Crippen LogP contribution in [0.3, 0.4) is 0 Å². The first-order valence-electron chi connectivity index (χ1n) is 11.8. The van der Waals surface area contributed by atoms with Gasteiger partial charge in [-0.25, -0.2) is 0 Å². The summed E-state index contributed by atoms with van der Waals surface area (Å²) in [5, 5.41) is 1.20. The van der Waals surface area contributed by atoms with E-state index in [0.29, 0.717) is 0 Å². The molecule has 5 aromatic rings. The summed E-state index contributed by atoms with van der Waals surface area (Å²) < 4.78 is 15.2. The smallest absolute Gasteiger partial charge is 0.144 e. The van der Waals surface area contributed by atoms with Gasteiger partial charge in [-0.2, -0.15) is 0 Å². The number of ether oxygens (including phenoxy) is 1. The molecule has 3 aliphatic rings. The predicted octanol–water partition coefficient (Wildman–Crippen LogP) is 9.39. The number of hydrogen-bond donors (Lipinski definition) is 0. The SMILES string of the molecule is Brc1ccc2c(c1)C1(c3ccccc3Oc3ccccc31)c1cc(Br)c3c4c(oc3c1-2)C=CCC4. The second-order valence-corrected chi connectivity index (χ2v) is 11.2. The van der Waals surface area contributed by atoms with E-state index >= 15 is 0 Å². The highest BCUT2D eigenvalue weighted by Gasteiger charge is 2.52. The number of para-hydroxylation sites is 2. The van der Waals surface area contributed by atoms with Gasteiger partial charge >= 0.3 is 0 Å². The van der Waals surface area contributed by atoms with E-state index in [2.05, 4.69) is 105 Å².